The SMILES string of the molecule is COC(=O)CCNc1cc(C(F)(F)F)nc(N)n1. The van der Waals surface area contributed by atoms with Gasteiger partial charge in [-0.3, -0.25) is 4.79 Å². The van der Waals surface area contributed by atoms with E-state index in [-0.39, 0.29) is 18.8 Å². The molecule has 0 aliphatic carbocycles. The second-order valence-electron chi connectivity index (χ2n) is 3.25. The van der Waals surface area contributed by atoms with Crippen molar-refractivity contribution in [2.24, 2.45) is 0 Å². The van der Waals surface area contributed by atoms with Crippen molar-refractivity contribution in [3.05, 3.63) is 11.8 Å². The van der Waals surface area contributed by atoms with Crippen LogP contribution in [-0.4, -0.2) is 29.6 Å². The molecule has 6 nitrogen and oxygen atoms in total. The Balaban J connectivity index is 2.72. The molecule has 0 spiro atoms. The number of aromatic nitrogens is 2. The summed E-state index contributed by atoms with van der Waals surface area (Å²) in [5.41, 5.74) is 4.02. The first-order chi connectivity index (χ1) is 8.32. The van der Waals surface area contributed by atoms with Crippen molar-refractivity contribution in [2.75, 3.05) is 24.7 Å². The smallest absolute Gasteiger partial charge is 0.433 e. The number of methoxy groups -OCH3 is 1. The summed E-state index contributed by atoms with van der Waals surface area (Å²) in [5.74, 6) is -1.08. The van der Waals surface area contributed by atoms with Crippen LogP contribution >= 0.6 is 0 Å². The van der Waals surface area contributed by atoms with E-state index in [1.165, 1.54) is 7.11 Å². The Morgan fingerprint density at radius 2 is 2.17 bits per heavy atom. The second kappa shape index (κ2) is 5.52. The Morgan fingerprint density at radius 1 is 1.50 bits per heavy atom. The summed E-state index contributed by atoms with van der Waals surface area (Å²) in [6.45, 7) is 0.0838. The number of alkyl halides is 3. The van der Waals surface area contributed by atoms with Crippen molar-refractivity contribution in [2.45, 2.75) is 12.6 Å². The van der Waals surface area contributed by atoms with Crippen molar-refractivity contribution in [1.29, 1.82) is 0 Å². The first-order valence-corrected chi connectivity index (χ1v) is 4.85. The monoisotopic (exact) mass is 264 g/mol. The van der Waals surface area contributed by atoms with Crippen molar-refractivity contribution in [3.8, 4) is 0 Å². The third kappa shape index (κ3) is 4.07. The molecule has 0 atom stereocenters. The Bertz CT molecular complexity index is 436. The predicted octanol–water partition coefficient (Wildman–Crippen LogP) is 1.05. The molecule has 0 aliphatic rings. The average Bonchev–Trinajstić information content (AvgIpc) is 2.27. The van der Waals surface area contributed by atoms with Crippen LogP contribution in [0, 0.1) is 0 Å². The number of ether oxygens (including phenoxy) is 1. The number of hydrogen-bond donors (Lipinski definition) is 2. The van der Waals surface area contributed by atoms with E-state index in [0.29, 0.717) is 6.07 Å². The lowest BCUT2D eigenvalue weighted by Gasteiger charge is -2.09. The highest BCUT2D eigenvalue weighted by Gasteiger charge is 2.33. The van der Waals surface area contributed by atoms with Gasteiger partial charge in [0.15, 0.2) is 5.69 Å². The summed E-state index contributed by atoms with van der Waals surface area (Å²) in [6.07, 6.45) is -4.60. The Morgan fingerprint density at radius 3 is 2.72 bits per heavy atom. The number of halogens is 3. The molecule has 1 rings (SSSR count). The van der Waals surface area contributed by atoms with Crippen LogP contribution in [0.4, 0.5) is 24.9 Å². The molecule has 0 unspecified atom stereocenters. The largest absolute Gasteiger partial charge is 0.469 e. The molecule has 3 N–H and O–H groups in total. The van der Waals surface area contributed by atoms with Crippen molar-refractivity contribution >= 4 is 17.7 Å². The summed E-state index contributed by atoms with van der Waals surface area (Å²) in [5, 5.41) is 2.53. The molecule has 0 fully saturated rings. The molecule has 1 aromatic heterocycles. The highest BCUT2D eigenvalue weighted by atomic mass is 19.4. The van der Waals surface area contributed by atoms with Gasteiger partial charge in [0.25, 0.3) is 0 Å². The molecule has 0 saturated heterocycles. The van der Waals surface area contributed by atoms with Crippen LogP contribution in [0.1, 0.15) is 12.1 Å². The number of rotatable bonds is 4. The van der Waals surface area contributed by atoms with Gasteiger partial charge in [-0.15, -0.1) is 0 Å². The summed E-state index contributed by atoms with van der Waals surface area (Å²) in [4.78, 5) is 17.4. The molecule has 0 saturated carbocycles. The minimum atomic E-state index is -4.60. The molecule has 0 bridgehead atoms. The normalized spacial score (nSPS) is 11.1. The summed E-state index contributed by atoms with van der Waals surface area (Å²) in [7, 11) is 1.22. The van der Waals surface area contributed by atoms with Crippen LogP contribution in [0.5, 0.6) is 0 Å². The van der Waals surface area contributed by atoms with Gasteiger partial charge in [0, 0.05) is 12.6 Å². The molecule has 18 heavy (non-hydrogen) atoms. The molecule has 1 aromatic rings. The molecule has 0 aliphatic heterocycles. The molecule has 0 radical (unpaired) electrons. The number of nitrogens with one attached hydrogen (secondary N) is 1. The van der Waals surface area contributed by atoms with E-state index in [9.17, 15) is 18.0 Å². The first kappa shape index (κ1) is 14.0. The van der Waals surface area contributed by atoms with E-state index in [1.807, 2.05) is 0 Å². The van der Waals surface area contributed by atoms with Crippen LogP contribution in [0.2, 0.25) is 0 Å². The Kier molecular flexibility index (Phi) is 4.29. The maximum absolute atomic E-state index is 12.4. The molecular formula is C9H11F3N4O2. The van der Waals surface area contributed by atoms with E-state index >= 15 is 0 Å². The minimum absolute atomic E-state index is 0.00174. The predicted molar refractivity (Wildman–Crippen MR) is 56.6 cm³/mol. The fourth-order valence-electron chi connectivity index (χ4n) is 1.10. The lowest BCUT2D eigenvalue weighted by atomic mass is 10.3. The zero-order chi connectivity index (χ0) is 13.8. The lowest BCUT2D eigenvalue weighted by Crippen LogP contribution is -2.15. The van der Waals surface area contributed by atoms with Crippen molar-refractivity contribution in [1.82, 2.24) is 9.97 Å². The van der Waals surface area contributed by atoms with Crippen molar-refractivity contribution in [3.63, 3.8) is 0 Å². The summed E-state index contributed by atoms with van der Waals surface area (Å²) < 4.78 is 41.6. The fourth-order valence-corrected chi connectivity index (χ4v) is 1.10. The number of carbonyl (C=O) groups excluding carboxylic acids is 1. The number of hydrogen-bond acceptors (Lipinski definition) is 6. The maximum atomic E-state index is 12.4. The van der Waals surface area contributed by atoms with Gasteiger partial charge >= 0.3 is 12.1 Å². The van der Waals surface area contributed by atoms with Crippen LogP contribution in [-0.2, 0) is 15.7 Å². The third-order valence-electron chi connectivity index (χ3n) is 1.90. The van der Waals surface area contributed by atoms with E-state index < -0.39 is 23.8 Å². The maximum Gasteiger partial charge on any atom is 0.433 e. The zero-order valence-corrected chi connectivity index (χ0v) is 9.41. The van der Waals surface area contributed by atoms with Gasteiger partial charge in [-0.2, -0.15) is 18.2 Å². The summed E-state index contributed by atoms with van der Waals surface area (Å²) in [6, 6.07) is 0.716. The molecule has 1 heterocycles. The average molecular weight is 264 g/mol. The van der Waals surface area contributed by atoms with Gasteiger partial charge in [0.2, 0.25) is 5.95 Å². The van der Waals surface area contributed by atoms with E-state index in [1.54, 1.807) is 0 Å². The van der Waals surface area contributed by atoms with Crippen LogP contribution < -0.4 is 11.1 Å². The molecule has 9 heteroatoms. The van der Waals surface area contributed by atoms with Crippen LogP contribution in [0.3, 0.4) is 0 Å². The molecule has 0 amide bonds. The van der Waals surface area contributed by atoms with Crippen LogP contribution in [0.25, 0.3) is 0 Å². The first-order valence-electron chi connectivity index (χ1n) is 4.85. The highest BCUT2D eigenvalue weighted by Crippen LogP contribution is 2.29. The van der Waals surface area contributed by atoms with Crippen molar-refractivity contribution < 1.29 is 22.7 Å². The molecule has 100 valence electrons. The van der Waals surface area contributed by atoms with E-state index in [0.717, 1.165) is 0 Å². The number of nitrogens with zero attached hydrogens (tertiary/aromatic N) is 2. The van der Waals surface area contributed by atoms with Crippen LogP contribution in [0.15, 0.2) is 6.07 Å². The van der Waals surface area contributed by atoms with Gasteiger partial charge in [0.1, 0.15) is 5.82 Å². The third-order valence-corrected chi connectivity index (χ3v) is 1.90. The van der Waals surface area contributed by atoms with E-state index in [2.05, 4.69) is 20.0 Å². The van der Waals surface area contributed by atoms with E-state index in [4.69, 9.17) is 5.73 Å². The fraction of sp³-hybridized carbons (Fsp3) is 0.444. The second-order valence-corrected chi connectivity index (χ2v) is 3.25. The minimum Gasteiger partial charge on any atom is -0.469 e. The highest BCUT2D eigenvalue weighted by molar-refractivity contribution is 5.69. The number of carbonyl (C=O) groups is 1. The van der Waals surface area contributed by atoms with Gasteiger partial charge < -0.3 is 15.8 Å². The number of nitrogen functional groups attached to an aromatic ring is 1. The topological polar surface area (TPSA) is 90.1 Å². The zero-order valence-electron chi connectivity index (χ0n) is 9.41. The number of anilines is 2. The van der Waals surface area contributed by atoms with Gasteiger partial charge in [0.05, 0.1) is 13.5 Å². The summed E-state index contributed by atoms with van der Waals surface area (Å²) >= 11 is 0. The van der Waals surface area contributed by atoms with Gasteiger partial charge in [-0.25, -0.2) is 4.98 Å². The molecule has 0 aromatic carbocycles. The molecular weight excluding hydrogens is 253 g/mol. The van der Waals surface area contributed by atoms with Gasteiger partial charge in [-0.1, -0.05) is 0 Å². The van der Waals surface area contributed by atoms with Gasteiger partial charge in [-0.05, 0) is 0 Å². The number of nitrogens with two attached hydrogens (primary N) is 1. The number of esters is 1. The lowest BCUT2D eigenvalue weighted by molar-refractivity contribution is -0.141. The Hall–Kier alpha value is -2.06. The standard InChI is InChI=1S/C9H11F3N4O2/c1-18-7(17)2-3-14-6-4-5(9(10,11)12)15-8(13)16-6/h4H,2-3H2,1H3,(H3,13,14,15,16). The quantitative estimate of drug-likeness (QED) is 0.790. The Labute approximate surface area is 100 Å².